The van der Waals surface area contributed by atoms with Crippen molar-refractivity contribution < 1.29 is 4.74 Å². The number of rotatable bonds is 2. The maximum Gasteiger partial charge on any atom is 0.0480 e. The van der Waals surface area contributed by atoms with Crippen LogP contribution < -0.4 is 5.32 Å². The van der Waals surface area contributed by atoms with Crippen molar-refractivity contribution in [1.29, 1.82) is 0 Å². The van der Waals surface area contributed by atoms with Gasteiger partial charge in [0, 0.05) is 25.3 Å². The van der Waals surface area contributed by atoms with E-state index in [0.717, 1.165) is 31.2 Å². The molecule has 0 spiro atoms. The molecule has 1 aliphatic carbocycles. The van der Waals surface area contributed by atoms with Gasteiger partial charge in [-0.15, -0.1) is 0 Å². The highest BCUT2D eigenvalue weighted by molar-refractivity contribution is 4.82. The summed E-state index contributed by atoms with van der Waals surface area (Å²) in [5.41, 5.74) is 0. The van der Waals surface area contributed by atoms with Crippen molar-refractivity contribution in [3.8, 4) is 0 Å². The zero-order valence-corrected chi connectivity index (χ0v) is 10.0. The van der Waals surface area contributed by atoms with Gasteiger partial charge >= 0.3 is 0 Å². The van der Waals surface area contributed by atoms with E-state index in [1.807, 2.05) is 0 Å². The first kappa shape index (κ1) is 11.4. The van der Waals surface area contributed by atoms with Crippen LogP contribution in [0.15, 0.2) is 0 Å². The summed E-state index contributed by atoms with van der Waals surface area (Å²) in [6.45, 7) is 4.33. The molecule has 3 unspecified atom stereocenters. The lowest BCUT2D eigenvalue weighted by Gasteiger charge is -2.33. The van der Waals surface area contributed by atoms with Crippen molar-refractivity contribution in [2.75, 3.05) is 13.2 Å². The molecule has 0 aromatic carbocycles. The fraction of sp³-hybridized carbons (Fsp3) is 1.00. The lowest BCUT2D eigenvalue weighted by Crippen LogP contribution is -2.43. The Labute approximate surface area is 93.8 Å². The molecule has 0 aromatic heterocycles. The van der Waals surface area contributed by atoms with E-state index in [9.17, 15) is 0 Å². The van der Waals surface area contributed by atoms with Crippen LogP contribution in [0.3, 0.4) is 0 Å². The van der Waals surface area contributed by atoms with E-state index in [4.69, 9.17) is 4.74 Å². The lowest BCUT2D eigenvalue weighted by atomic mass is 9.85. The molecule has 88 valence electrons. The Morgan fingerprint density at radius 2 is 1.80 bits per heavy atom. The van der Waals surface area contributed by atoms with Gasteiger partial charge in [-0.05, 0) is 38.0 Å². The fourth-order valence-electron chi connectivity index (χ4n) is 2.94. The zero-order valence-electron chi connectivity index (χ0n) is 10.0. The molecule has 1 saturated carbocycles. The van der Waals surface area contributed by atoms with Crippen LogP contribution >= 0.6 is 0 Å². The second kappa shape index (κ2) is 5.86. The minimum Gasteiger partial charge on any atom is -0.381 e. The fourth-order valence-corrected chi connectivity index (χ4v) is 2.94. The van der Waals surface area contributed by atoms with Crippen LogP contribution in [-0.4, -0.2) is 25.3 Å². The van der Waals surface area contributed by atoms with Crippen molar-refractivity contribution in [3.05, 3.63) is 0 Å². The Hall–Kier alpha value is -0.0800. The molecule has 2 fully saturated rings. The predicted molar refractivity (Wildman–Crippen MR) is 63.0 cm³/mol. The Morgan fingerprint density at radius 3 is 2.67 bits per heavy atom. The van der Waals surface area contributed by atoms with Gasteiger partial charge in [0.25, 0.3) is 0 Å². The van der Waals surface area contributed by atoms with Crippen LogP contribution in [0, 0.1) is 5.92 Å². The number of nitrogens with one attached hydrogen (secondary N) is 1. The highest BCUT2D eigenvalue weighted by atomic mass is 16.5. The summed E-state index contributed by atoms with van der Waals surface area (Å²) >= 11 is 0. The van der Waals surface area contributed by atoms with Gasteiger partial charge in [-0.1, -0.05) is 19.8 Å². The normalized spacial score (nSPS) is 38.6. The largest absolute Gasteiger partial charge is 0.381 e. The first-order chi connectivity index (χ1) is 7.36. The van der Waals surface area contributed by atoms with E-state index in [0.29, 0.717) is 0 Å². The molecule has 0 radical (unpaired) electrons. The van der Waals surface area contributed by atoms with E-state index < -0.39 is 0 Å². The van der Waals surface area contributed by atoms with E-state index >= 15 is 0 Å². The van der Waals surface area contributed by atoms with Crippen LogP contribution in [0.5, 0.6) is 0 Å². The Bertz CT molecular complexity index is 175. The molecule has 1 aliphatic heterocycles. The third-order valence-electron chi connectivity index (χ3n) is 4.01. The van der Waals surface area contributed by atoms with E-state index in [-0.39, 0.29) is 0 Å². The van der Waals surface area contributed by atoms with Gasteiger partial charge in [0.15, 0.2) is 0 Å². The Morgan fingerprint density at radius 1 is 0.933 bits per heavy atom. The molecular formula is C13H25NO. The summed E-state index contributed by atoms with van der Waals surface area (Å²) in [5.74, 6) is 0.878. The standard InChI is InChI=1S/C13H25NO/c1-11-5-2-3-7-13(11)14-12-6-4-9-15-10-8-12/h11-14H,2-10H2,1H3. The Kier molecular flexibility index (Phi) is 4.45. The lowest BCUT2D eigenvalue weighted by molar-refractivity contribution is 0.141. The summed E-state index contributed by atoms with van der Waals surface area (Å²) in [6.07, 6.45) is 9.42. The summed E-state index contributed by atoms with van der Waals surface area (Å²) in [4.78, 5) is 0. The minimum absolute atomic E-state index is 0.720. The number of hydrogen-bond acceptors (Lipinski definition) is 2. The van der Waals surface area contributed by atoms with E-state index in [1.165, 1.54) is 44.9 Å². The number of hydrogen-bond donors (Lipinski definition) is 1. The summed E-state index contributed by atoms with van der Waals surface area (Å²) in [7, 11) is 0. The molecule has 1 N–H and O–H groups in total. The monoisotopic (exact) mass is 211 g/mol. The molecule has 15 heavy (non-hydrogen) atoms. The molecule has 1 saturated heterocycles. The molecule has 2 rings (SSSR count). The maximum absolute atomic E-state index is 5.50. The first-order valence-corrected chi connectivity index (χ1v) is 6.70. The molecule has 0 bridgehead atoms. The molecule has 2 nitrogen and oxygen atoms in total. The third-order valence-corrected chi connectivity index (χ3v) is 4.01. The SMILES string of the molecule is CC1CCCCC1NC1CCCOCC1. The smallest absolute Gasteiger partial charge is 0.0480 e. The van der Waals surface area contributed by atoms with Crippen LogP contribution in [0.4, 0.5) is 0 Å². The van der Waals surface area contributed by atoms with Gasteiger partial charge in [-0.3, -0.25) is 0 Å². The highest BCUT2D eigenvalue weighted by Gasteiger charge is 2.24. The average Bonchev–Trinajstić information content (AvgIpc) is 2.50. The van der Waals surface area contributed by atoms with Crippen molar-refractivity contribution in [2.24, 2.45) is 5.92 Å². The van der Waals surface area contributed by atoms with Gasteiger partial charge < -0.3 is 10.1 Å². The summed E-state index contributed by atoms with van der Waals surface area (Å²) in [6, 6.07) is 1.50. The molecule has 2 aliphatic rings. The van der Waals surface area contributed by atoms with Gasteiger partial charge in [0.2, 0.25) is 0 Å². The maximum atomic E-state index is 5.50. The quantitative estimate of drug-likeness (QED) is 0.758. The van der Waals surface area contributed by atoms with Crippen LogP contribution in [0.2, 0.25) is 0 Å². The van der Waals surface area contributed by atoms with Gasteiger partial charge in [0.1, 0.15) is 0 Å². The van der Waals surface area contributed by atoms with Crippen LogP contribution in [0.1, 0.15) is 51.9 Å². The molecular weight excluding hydrogens is 186 g/mol. The molecule has 0 aromatic rings. The van der Waals surface area contributed by atoms with E-state index in [2.05, 4.69) is 12.2 Å². The van der Waals surface area contributed by atoms with E-state index in [1.54, 1.807) is 0 Å². The summed E-state index contributed by atoms with van der Waals surface area (Å²) in [5, 5.41) is 3.87. The highest BCUT2D eigenvalue weighted by Crippen LogP contribution is 2.25. The zero-order chi connectivity index (χ0) is 10.5. The number of ether oxygens (including phenoxy) is 1. The van der Waals surface area contributed by atoms with Gasteiger partial charge in [-0.2, -0.15) is 0 Å². The van der Waals surface area contributed by atoms with Crippen molar-refractivity contribution in [1.82, 2.24) is 5.32 Å². The van der Waals surface area contributed by atoms with Crippen LogP contribution in [0.25, 0.3) is 0 Å². The second-order valence-corrected chi connectivity index (χ2v) is 5.28. The second-order valence-electron chi connectivity index (χ2n) is 5.28. The van der Waals surface area contributed by atoms with Crippen molar-refractivity contribution >= 4 is 0 Å². The van der Waals surface area contributed by atoms with Gasteiger partial charge in [0.05, 0.1) is 0 Å². The van der Waals surface area contributed by atoms with Crippen LogP contribution in [-0.2, 0) is 4.74 Å². The molecule has 2 heteroatoms. The first-order valence-electron chi connectivity index (χ1n) is 6.70. The third kappa shape index (κ3) is 3.46. The average molecular weight is 211 g/mol. The predicted octanol–water partition coefficient (Wildman–Crippen LogP) is 2.72. The minimum atomic E-state index is 0.720. The van der Waals surface area contributed by atoms with Gasteiger partial charge in [-0.25, -0.2) is 0 Å². The molecule has 0 amide bonds. The van der Waals surface area contributed by atoms with Crippen molar-refractivity contribution in [3.63, 3.8) is 0 Å². The topological polar surface area (TPSA) is 21.3 Å². The summed E-state index contributed by atoms with van der Waals surface area (Å²) < 4.78 is 5.50. The Balaban J connectivity index is 1.78. The molecule has 1 heterocycles. The van der Waals surface area contributed by atoms with Crippen molar-refractivity contribution in [2.45, 2.75) is 64.0 Å². The molecule has 3 atom stereocenters.